The van der Waals surface area contributed by atoms with Crippen molar-refractivity contribution in [2.75, 3.05) is 18.6 Å². The largest absolute Gasteiger partial charge is 0.497 e. The van der Waals surface area contributed by atoms with Crippen molar-refractivity contribution in [3.8, 4) is 11.5 Å². The Morgan fingerprint density at radius 3 is 2.35 bits per heavy atom. The van der Waals surface area contributed by atoms with E-state index in [0.29, 0.717) is 51.6 Å². The Bertz CT molecular complexity index is 1810. The van der Waals surface area contributed by atoms with Gasteiger partial charge in [0.05, 0.1) is 19.8 Å². The number of Topliss-reactive ketones (excluding diaryl/α,β-unsaturated/α-hetero) is 3. The van der Waals surface area contributed by atoms with Gasteiger partial charge in [0.25, 0.3) is 0 Å². The van der Waals surface area contributed by atoms with Crippen LogP contribution in [0.3, 0.4) is 0 Å². The van der Waals surface area contributed by atoms with Crippen molar-refractivity contribution >= 4 is 29.1 Å². The number of rotatable bonds is 6. The summed E-state index contributed by atoms with van der Waals surface area (Å²) in [6.07, 6.45) is 3.52. The lowest BCUT2D eigenvalue weighted by molar-refractivity contribution is 0.0664. The number of ether oxygens (including phenoxy) is 2. The summed E-state index contributed by atoms with van der Waals surface area (Å²) in [6.45, 7) is 2.21. The van der Waals surface area contributed by atoms with Crippen LogP contribution in [0.4, 0.5) is 10.1 Å². The average Bonchev–Trinajstić information content (AvgIpc) is 3.47. The molecule has 1 fully saturated rings. The Morgan fingerprint density at radius 1 is 0.907 bits per heavy atom. The molecule has 214 valence electrons. The Labute approximate surface area is 248 Å². The van der Waals surface area contributed by atoms with Crippen LogP contribution in [0.2, 0.25) is 0 Å². The lowest BCUT2D eigenvalue weighted by atomic mass is 9.64. The summed E-state index contributed by atoms with van der Waals surface area (Å²) in [6, 6.07) is 23.5. The maximum atomic E-state index is 14.9. The molecule has 0 radical (unpaired) electrons. The standard InChI is InChI=1S/C36H28FNO5/c1-3-43-29-14-7-6-13-27(29)31-32(33(39)22-9-8-10-24(20-22)42-2)38-28-17-16-23(37)19-21(28)15-18-30(38)36(31)34(40)25-11-4-5-12-26(25)35(36)41/h4-20,30-32H,3H2,1-2H3/t30-,31+,32+/m1/s1. The molecule has 4 aromatic rings. The summed E-state index contributed by atoms with van der Waals surface area (Å²) in [4.78, 5) is 46.3. The first kappa shape index (κ1) is 26.8. The second kappa shape index (κ2) is 10.1. The minimum absolute atomic E-state index is 0.292. The molecule has 0 unspecified atom stereocenters. The molecule has 0 bridgehead atoms. The summed E-state index contributed by atoms with van der Waals surface area (Å²) >= 11 is 0. The van der Waals surface area contributed by atoms with Crippen LogP contribution in [0.1, 0.15) is 55.0 Å². The SMILES string of the molecule is CCOc1ccccc1[C@H]1[C@@H](C(=O)c2cccc(OC)c2)N2c3ccc(F)cc3C=C[C@@H]2C12C(=O)c1ccccc1C2=O. The van der Waals surface area contributed by atoms with Crippen molar-refractivity contribution in [3.05, 3.63) is 131 Å². The second-order valence-electron chi connectivity index (χ2n) is 11.0. The van der Waals surface area contributed by atoms with Crippen molar-refractivity contribution < 1.29 is 28.2 Å². The summed E-state index contributed by atoms with van der Waals surface area (Å²) in [5, 5.41) is 0. The molecular weight excluding hydrogens is 545 g/mol. The van der Waals surface area contributed by atoms with Crippen molar-refractivity contribution in [3.63, 3.8) is 0 Å². The van der Waals surface area contributed by atoms with Crippen molar-refractivity contribution in [1.29, 1.82) is 0 Å². The molecule has 0 aromatic heterocycles. The lowest BCUT2D eigenvalue weighted by Gasteiger charge is -2.37. The molecule has 7 heteroatoms. The van der Waals surface area contributed by atoms with E-state index in [-0.39, 0.29) is 17.3 Å². The number of carbonyl (C=O) groups is 3. The van der Waals surface area contributed by atoms with Gasteiger partial charge in [-0.2, -0.15) is 0 Å². The number of ketones is 3. The molecule has 0 saturated carbocycles. The van der Waals surface area contributed by atoms with Crippen molar-refractivity contribution in [2.24, 2.45) is 5.41 Å². The fraction of sp³-hybridized carbons (Fsp3) is 0.194. The maximum Gasteiger partial charge on any atom is 0.186 e. The van der Waals surface area contributed by atoms with Gasteiger partial charge in [0.15, 0.2) is 17.3 Å². The predicted molar refractivity (Wildman–Crippen MR) is 161 cm³/mol. The molecule has 2 aliphatic heterocycles. The van der Waals surface area contributed by atoms with Gasteiger partial charge in [-0.3, -0.25) is 14.4 Å². The Morgan fingerprint density at radius 2 is 1.63 bits per heavy atom. The van der Waals surface area contributed by atoms with E-state index in [4.69, 9.17) is 9.47 Å². The highest BCUT2D eigenvalue weighted by Gasteiger charge is 2.72. The monoisotopic (exact) mass is 573 g/mol. The normalized spacial score (nSPS) is 21.0. The fourth-order valence-electron chi connectivity index (χ4n) is 7.26. The molecule has 6 nitrogen and oxygen atoms in total. The minimum atomic E-state index is -1.68. The smallest absolute Gasteiger partial charge is 0.186 e. The van der Waals surface area contributed by atoms with Gasteiger partial charge >= 0.3 is 0 Å². The number of nitrogens with zero attached hydrogens (tertiary/aromatic N) is 1. The molecule has 43 heavy (non-hydrogen) atoms. The van der Waals surface area contributed by atoms with E-state index in [2.05, 4.69) is 0 Å². The van der Waals surface area contributed by atoms with Crippen LogP contribution in [0.5, 0.6) is 11.5 Å². The van der Waals surface area contributed by atoms with E-state index >= 15 is 0 Å². The Balaban J connectivity index is 1.56. The topological polar surface area (TPSA) is 72.9 Å². The highest BCUT2D eigenvalue weighted by atomic mass is 19.1. The molecule has 0 N–H and O–H groups in total. The van der Waals surface area contributed by atoms with E-state index < -0.39 is 29.2 Å². The zero-order valence-corrected chi connectivity index (χ0v) is 23.6. The van der Waals surface area contributed by atoms with Gasteiger partial charge in [-0.05, 0) is 43.3 Å². The van der Waals surface area contributed by atoms with Crippen LogP contribution >= 0.6 is 0 Å². The zero-order chi connectivity index (χ0) is 29.9. The third kappa shape index (κ3) is 3.74. The lowest BCUT2D eigenvalue weighted by Crippen LogP contribution is -2.48. The number of para-hydroxylation sites is 1. The van der Waals surface area contributed by atoms with Crippen LogP contribution in [0, 0.1) is 11.2 Å². The Hall–Kier alpha value is -5.04. The van der Waals surface area contributed by atoms with Crippen molar-refractivity contribution in [2.45, 2.75) is 24.9 Å². The summed E-state index contributed by atoms with van der Waals surface area (Å²) in [7, 11) is 1.53. The number of halogens is 1. The fourth-order valence-corrected chi connectivity index (χ4v) is 7.26. The summed E-state index contributed by atoms with van der Waals surface area (Å²) < 4.78 is 26.0. The molecule has 1 aliphatic carbocycles. The number of hydrogen-bond donors (Lipinski definition) is 0. The Kier molecular flexibility index (Phi) is 6.27. The quantitative estimate of drug-likeness (QED) is 0.192. The molecule has 2 heterocycles. The third-order valence-corrected chi connectivity index (χ3v) is 8.94. The van der Waals surface area contributed by atoms with Gasteiger partial charge in [-0.15, -0.1) is 0 Å². The number of methoxy groups -OCH3 is 1. The van der Waals surface area contributed by atoms with Crippen LogP contribution in [-0.2, 0) is 0 Å². The minimum Gasteiger partial charge on any atom is -0.497 e. The summed E-state index contributed by atoms with van der Waals surface area (Å²) in [5.74, 6) is -1.33. The van der Waals surface area contributed by atoms with Gasteiger partial charge in [0, 0.05) is 39.4 Å². The van der Waals surface area contributed by atoms with Gasteiger partial charge in [0.2, 0.25) is 0 Å². The molecule has 1 spiro atoms. The predicted octanol–water partition coefficient (Wildman–Crippen LogP) is 6.55. The number of carbonyl (C=O) groups excluding carboxylic acids is 3. The molecule has 3 aliphatic rings. The van der Waals surface area contributed by atoms with Gasteiger partial charge in [-0.25, -0.2) is 4.39 Å². The third-order valence-electron chi connectivity index (χ3n) is 8.94. The van der Waals surface area contributed by atoms with E-state index in [1.165, 1.54) is 19.2 Å². The van der Waals surface area contributed by atoms with Crippen LogP contribution in [0.25, 0.3) is 6.08 Å². The van der Waals surface area contributed by atoms with Gasteiger partial charge in [0.1, 0.15) is 28.8 Å². The number of hydrogen-bond acceptors (Lipinski definition) is 6. The molecule has 3 atom stereocenters. The van der Waals surface area contributed by atoms with Crippen LogP contribution in [0.15, 0.2) is 97.1 Å². The van der Waals surface area contributed by atoms with Crippen LogP contribution in [-0.4, -0.2) is 43.2 Å². The van der Waals surface area contributed by atoms with Crippen LogP contribution < -0.4 is 14.4 Å². The number of anilines is 1. The highest BCUT2D eigenvalue weighted by molar-refractivity contribution is 6.32. The maximum absolute atomic E-state index is 14.9. The number of benzene rings is 4. The molecule has 0 amide bonds. The van der Waals surface area contributed by atoms with E-state index in [9.17, 15) is 18.8 Å². The van der Waals surface area contributed by atoms with E-state index in [0.717, 1.165) is 0 Å². The molecule has 1 saturated heterocycles. The number of fused-ring (bicyclic) bond motifs is 5. The summed E-state index contributed by atoms with van der Waals surface area (Å²) in [5.41, 5.74) is 1.07. The second-order valence-corrected chi connectivity index (χ2v) is 11.0. The highest BCUT2D eigenvalue weighted by Crippen LogP contribution is 2.62. The first-order valence-electron chi connectivity index (χ1n) is 14.3. The zero-order valence-electron chi connectivity index (χ0n) is 23.6. The molecule has 4 aromatic carbocycles. The molecular formula is C36H28FNO5. The van der Waals surface area contributed by atoms with Gasteiger partial charge in [-0.1, -0.05) is 66.7 Å². The van der Waals surface area contributed by atoms with Gasteiger partial charge < -0.3 is 14.4 Å². The average molecular weight is 574 g/mol. The first-order valence-corrected chi connectivity index (χ1v) is 14.3. The molecule has 7 rings (SSSR count). The van der Waals surface area contributed by atoms with Crippen molar-refractivity contribution in [1.82, 2.24) is 0 Å². The van der Waals surface area contributed by atoms with E-state index in [1.807, 2.05) is 30.0 Å². The first-order chi connectivity index (χ1) is 20.9. The van der Waals surface area contributed by atoms with E-state index in [1.54, 1.807) is 72.8 Å².